The van der Waals surface area contributed by atoms with Crippen LogP contribution in [0.5, 0.6) is 0 Å². The zero-order valence-electron chi connectivity index (χ0n) is 8.51. The third kappa shape index (κ3) is 4.08. The minimum atomic E-state index is 0.598. The smallest absolute Gasteiger partial charge is 0.0297 e. The van der Waals surface area contributed by atoms with E-state index in [9.17, 15) is 0 Å². The first-order chi connectivity index (χ1) is 6.18. The number of likely N-dealkylation sites (tertiary alicyclic amines) is 1. The summed E-state index contributed by atoms with van der Waals surface area (Å²) in [6.07, 6.45) is 6.12. The number of rotatable bonds is 3. The Bertz CT molecular complexity index is 190. The number of hydrogen-bond acceptors (Lipinski definition) is 3. The Hall–Kier alpha value is -0.830. The van der Waals surface area contributed by atoms with E-state index in [1.165, 1.54) is 25.9 Å². The van der Waals surface area contributed by atoms with Crippen LogP contribution in [0.2, 0.25) is 0 Å². The van der Waals surface area contributed by atoms with Crippen LogP contribution in [-0.2, 0) is 0 Å². The molecule has 0 amide bonds. The Balaban J connectivity index is 2.19. The van der Waals surface area contributed by atoms with Gasteiger partial charge in [-0.25, -0.2) is 0 Å². The molecule has 0 unspecified atom stereocenters. The third-order valence-electron chi connectivity index (χ3n) is 2.38. The molecule has 0 aromatic rings. The van der Waals surface area contributed by atoms with Crippen LogP contribution in [0, 0.1) is 5.41 Å². The highest BCUT2D eigenvalue weighted by Crippen LogP contribution is 2.07. The summed E-state index contributed by atoms with van der Waals surface area (Å²) in [5.74, 6) is 0. The van der Waals surface area contributed by atoms with Crippen molar-refractivity contribution in [2.24, 2.45) is 0 Å². The Labute approximate surface area is 80.3 Å². The lowest BCUT2D eigenvalue weighted by Crippen LogP contribution is -2.38. The molecule has 1 fully saturated rings. The molecule has 0 spiro atoms. The van der Waals surface area contributed by atoms with Crippen LogP contribution in [0.25, 0.3) is 0 Å². The van der Waals surface area contributed by atoms with Crippen molar-refractivity contribution < 1.29 is 0 Å². The fourth-order valence-corrected chi connectivity index (χ4v) is 1.48. The maximum Gasteiger partial charge on any atom is 0.0297 e. The van der Waals surface area contributed by atoms with Gasteiger partial charge in [-0.05, 0) is 52.2 Å². The van der Waals surface area contributed by atoms with Crippen molar-refractivity contribution in [2.45, 2.75) is 25.8 Å². The van der Waals surface area contributed by atoms with E-state index >= 15 is 0 Å². The van der Waals surface area contributed by atoms with Crippen LogP contribution in [0.3, 0.4) is 0 Å². The number of nitrogens with one attached hydrogen (secondary N) is 2. The van der Waals surface area contributed by atoms with Gasteiger partial charge in [0.15, 0.2) is 0 Å². The van der Waals surface area contributed by atoms with E-state index < -0.39 is 0 Å². The summed E-state index contributed by atoms with van der Waals surface area (Å²) in [6.45, 7) is 4.14. The first kappa shape index (κ1) is 10.3. The van der Waals surface area contributed by atoms with Gasteiger partial charge in [-0.15, -0.1) is 0 Å². The van der Waals surface area contributed by atoms with Crippen LogP contribution in [0.1, 0.15) is 19.8 Å². The fourth-order valence-electron chi connectivity index (χ4n) is 1.48. The topological polar surface area (TPSA) is 39.1 Å². The Kier molecular flexibility index (Phi) is 3.96. The second kappa shape index (κ2) is 5.02. The number of nitrogens with zero attached hydrogens (tertiary/aromatic N) is 1. The average molecular weight is 181 g/mol. The highest BCUT2D eigenvalue weighted by molar-refractivity contribution is 5.89. The zero-order chi connectivity index (χ0) is 9.68. The van der Waals surface area contributed by atoms with Crippen LogP contribution < -0.4 is 5.32 Å². The van der Waals surface area contributed by atoms with Crippen LogP contribution in [0.4, 0.5) is 0 Å². The summed E-state index contributed by atoms with van der Waals surface area (Å²) in [7, 11) is 2.16. The highest BCUT2D eigenvalue weighted by atomic mass is 15.1. The first-order valence-corrected chi connectivity index (χ1v) is 4.85. The predicted molar refractivity (Wildman–Crippen MR) is 56.2 cm³/mol. The standard InChI is InChI=1S/C10H19N3/c1-9(11)3-6-12-10-4-7-13(2)8-5-10/h3,6,10-12H,4-5,7-8H2,1-2H3/b6-3-,11-9?. The monoisotopic (exact) mass is 181 g/mol. The van der Waals surface area contributed by atoms with Gasteiger partial charge >= 0.3 is 0 Å². The van der Waals surface area contributed by atoms with Gasteiger partial charge in [-0.3, -0.25) is 0 Å². The quantitative estimate of drug-likeness (QED) is 0.643. The lowest BCUT2D eigenvalue weighted by atomic mass is 10.1. The first-order valence-electron chi connectivity index (χ1n) is 4.85. The van der Waals surface area contributed by atoms with Gasteiger partial charge in [0, 0.05) is 11.8 Å². The molecule has 1 heterocycles. The summed E-state index contributed by atoms with van der Waals surface area (Å²) in [5, 5.41) is 10.5. The van der Waals surface area contributed by atoms with Crippen LogP contribution >= 0.6 is 0 Å². The Morgan fingerprint density at radius 1 is 1.46 bits per heavy atom. The predicted octanol–water partition coefficient (Wildman–Crippen LogP) is 1.22. The number of allylic oxidation sites excluding steroid dienone is 1. The normalized spacial score (nSPS) is 20.8. The van der Waals surface area contributed by atoms with Gasteiger partial charge in [0.25, 0.3) is 0 Å². The zero-order valence-corrected chi connectivity index (χ0v) is 8.51. The van der Waals surface area contributed by atoms with Gasteiger partial charge < -0.3 is 15.6 Å². The van der Waals surface area contributed by atoms with E-state index in [-0.39, 0.29) is 0 Å². The maximum atomic E-state index is 7.21. The van der Waals surface area contributed by atoms with Crippen molar-refractivity contribution in [1.29, 1.82) is 5.41 Å². The minimum absolute atomic E-state index is 0.598. The van der Waals surface area contributed by atoms with Gasteiger partial charge in [0.1, 0.15) is 0 Å². The molecule has 3 heteroatoms. The van der Waals surface area contributed by atoms with Gasteiger partial charge in [0.05, 0.1) is 0 Å². The summed E-state index contributed by atoms with van der Waals surface area (Å²) < 4.78 is 0. The van der Waals surface area contributed by atoms with E-state index in [1.807, 2.05) is 6.20 Å². The summed E-state index contributed by atoms with van der Waals surface area (Å²) in [4.78, 5) is 2.35. The molecule has 1 rings (SSSR count). The molecule has 1 saturated heterocycles. The molecule has 2 N–H and O–H groups in total. The minimum Gasteiger partial charge on any atom is -0.388 e. The fraction of sp³-hybridized carbons (Fsp3) is 0.700. The van der Waals surface area contributed by atoms with Crippen molar-refractivity contribution in [3.63, 3.8) is 0 Å². The molecular formula is C10H19N3. The molecule has 74 valence electrons. The molecule has 0 aromatic carbocycles. The van der Waals surface area contributed by atoms with E-state index in [0.717, 1.165) is 0 Å². The van der Waals surface area contributed by atoms with Crippen molar-refractivity contribution >= 4 is 5.71 Å². The number of hydrogen-bond donors (Lipinski definition) is 2. The van der Waals surface area contributed by atoms with Crippen molar-refractivity contribution in [1.82, 2.24) is 10.2 Å². The molecule has 1 aliphatic heterocycles. The van der Waals surface area contributed by atoms with Crippen LogP contribution in [0.15, 0.2) is 12.3 Å². The molecule has 13 heavy (non-hydrogen) atoms. The van der Waals surface area contributed by atoms with E-state index in [4.69, 9.17) is 5.41 Å². The Morgan fingerprint density at radius 3 is 2.62 bits per heavy atom. The van der Waals surface area contributed by atoms with Gasteiger partial charge in [-0.2, -0.15) is 0 Å². The second-order valence-electron chi connectivity index (χ2n) is 3.76. The molecule has 0 radical (unpaired) electrons. The van der Waals surface area contributed by atoms with E-state index in [0.29, 0.717) is 11.8 Å². The molecule has 0 saturated carbocycles. The van der Waals surface area contributed by atoms with Crippen molar-refractivity contribution in [2.75, 3.05) is 20.1 Å². The van der Waals surface area contributed by atoms with Crippen molar-refractivity contribution in [3.05, 3.63) is 12.3 Å². The second-order valence-corrected chi connectivity index (χ2v) is 3.76. The lowest BCUT2D eigenvalue weighted by molar-refractivity contribution is 0.244. The largest absolute Gasteiger partial charge is 0.388 e. The highest BCUT2D eigenvalue weighted by Gasteiger charge is 2.14. The van der Waals surface area contributed by atoms with E-state index in [1.54, 1.807) is 13.0 Å². The number of piperidine rings is 1. The third-order valence-corrected chi connectivity index (χ3v) is 2.38. The van der Waals surface area contributed by atoms with E-state index in [2.05, 4.69) is 17.3 Å². The maximum absolute atomic E-state index is 7.21. The molecule has 0 atom stereocenters. The van der Waals surface area contributed by atoms with Crippen LogP contribution in [-0.4, -0.2) is 36.8 Å². The summed E-state index contributed by atoms with van der Waals surface area (Å²) >= 11 is 0. The molecule has 3 nitrogen and oxygen atoms in total. The molecule has 0 aliphatic carbocycles. The molecule has 1 aliphatic rings. The van der Waals surface area contributed by atoms with Gasteiger partial charge in [-0.1, -0.05) is 0 Å². The summed E-state index contributed by atoms with van der Waals surface area (Å²) in [6, 6.07) is 0.604. The molecule has 0 bridgehead atoms. The molecular weight excluding hydrogens is 162 g/mol. The SMILES string of the molecule is CC(=N)/C=C\NC1CCN(C)CC1. The lowest BCUT2D eigenvalue weighted by Gasteiger charge is -2.28. The Morgan fingerprint density at radius 2 is 2.08 bits per heavy atom. The average Bonchev–Trinajstić information content (AvgIpc) is 2.08. The van der Waals surface area contributed by atoms with Gasteiger partial charge in [0.2, 0.25) is 0 Å². The van der Waals surface area contributed by atoms with Crippen molar-refractivity contribution in [3.8, 4) is 0 Å². The molecule has 0 aromatic heterocycles. The summed E-state index contributed by atoms with van der Waals surface area (Å²) in [5.41, 5.74) is 0.598.